The number of benzene rings is 1. The van der Waals surface area contributed by atoms with Crippen LogP contribution in [0.15, 0.2) is 29.1 Å². The van der Waals surface area contributed by atoms with Gasteiger partial charge in [0.1, 0.15) is 5.75 Å². The van der Waals surface area contributed by atoms with Gasteiger partial charge in [0.2, 0.25) is 5.56 Å². The van der Waals surface area contributed by atoms with Crippen LogP contribution in [0.4, 0.5) is 0 Å². The van der Waals surface area contributed by atoms with Gasteiger partial charge in [0.25, 0.3) is 0 Å². The summed E-state index contributed by atoms with van der Waals surface area (Å²) in [6, 6.07) is 7.16. The van der Waals surface area contributed by atoms with Crippen molar-refractivity contribution in [1.29, 1.82) is 0 Å². The molecule has 0 atom stereocenters. The van der Waals surface area contributed by atoms with E-state index < -0.39 is 0 Å². The Hall–Kier alpha value is -1.77. The molecule has 2 rings (SSSR count). The highest BCUT2D eigenvalue weighted by Gasteiger charge is 2.03. The van der Waals surface area contributed by atoms with E-state index in [4.69, 9.17) is 4.74 Å². The molecule has 1 aromatic heterocycles. The van der Waals surface area contributed by atoms with Gasteiger partial charge < -0.3 is 9.72 Å². The summed E-state index contributed by atoms with van der Waals surface area (Å²) >= 11 is 0. The normalized spacial score (nSPS) is 10.4. The number of methoxy groups -OCH3 is 1. The molecular weight excluding hydrogens is 178 g/mol. The summed E-state index contributed by atoms with van der Waals surface area (Å²) in [4.78, 5) is 13.9. The van der Waals surface area contributed by atoms with E-state index in [-0.39, 0.29) is 5.56 Å². The molecule has 0 spiro atoms. The van der Waals surface area contributed by atoms with Crippen LogP contribution in [0.3, 0.4) is 0 Å². The number of fused-ring (bicyclic) bond motifs is 1. The Kier molecular flexibility index (Phi) is 2.00. The minimum absolute atomic E-state index is 0.110. The third-order valence-corrected chi connectivity index (χ3v) is 2.29. The van der Waals surface area contributed by atoms with Gasteiger partial charge in [-0.15, -0.1) is 0 Å². The van der Waals surface area contributed by atoms with E-state index in [9.17, 15) is 4.79 Å². The van der Waals surface area contributed by atoms with Gasteiger partial charge in [-0.05, 0) is 24.6 Å². The van der Waals surface area contributed by atoms with E-state index in [2.05, 4.69) is 4.98 Å². The average Bonchev–Trinajstić information content (AvgIpc) is 2.18. The Bertz CT molecular complexity index is 528. The second-order valence-corrected chi connectivity index (χ2v) is 3.20. The molecule has 0 aliphatic carbocycles. The maximum absolute atomic E-state index is 11.2. The van der Waals surface area contributed by atoms with Crippen LogP contribution < -0.4 is 10.3 Å². The lowest BCUT2D eigenvalue weighted by atomic mass is 10.1. The van der Waals surface area contributed by atoms with Crippen molar-refractivity contribution in [3.8, 4) is 5.75 Å². The lowest BCUT2D eigenvalue weighted by Crippen LogP contribution is -2.03. The summed E-state index contributed by atoms with van der Waals surface area (Å²) in [6.45, 7) is 2.00. The molecule has 0 amide bonds. The summed E-state index contributed by atoms with van der Waals surface area (Å²) in [7, 11) is 1.59. The number of aromatic nitrogens is 1. The third kappa shape index (κ3) is 1.27. The van der Waals surface area contributed by atoms with Gasteiger partial charge in [-0.1, -0.05) is 6.07 Å². The topological polar surface area (TPSA) is 42.1 Å². The summed E-state index contributed by atoms with van der Waals surface area (Å²) in [5.74, 6) is 0.698. The molecule has 1 N–H and O–H groups in total. The molecular formula is C11H11NO2. The smallest absolute Gasteiger partial charge is 0.248 e. The van der Waals surface area contributed by atoms with E-state index in [1.807, 2.05) is 25.1 Å². The van der Waals surface area contributed by atoms with E-state index in [1.54, 1.807) is 7.11 Å². The van der Waals surface area contributed by atoms with Crippen molar-refractivity contribution in [2.45, 2.75) is 6.92 Å². The van der Waals surface area contributed by atoms with Crippen LogP contribution in [0, 0.1) is 6.92 Å². The second-order valence-electron chi connectivity index (χ2n) is 3.20. The largest absolute Gasteiger partial charge is 0.495 e. The van der Waals surface area contributed by atoms with Gasteiger partial charge in [0.05, 0.1) is 12.6 Å². The number of H-pyrrole nitrogens is 1. The minimum Gasteiger partial charge on any atom is -0.495 e. The summed E-state index contributed by atoms with van der Waals surface area (Å²) < 4.78 is 5.17. The Balaban J connectivity index is 2.92. The second kappa shape index (κ2) is 3.18. The molecule has 3 nitrogen and oxygen atoms in total. The zero-order chi connectivity index (χ0) is 10.1. The number of aryl methyl sites for hydroxylation is 1. The highest BCUT2D eigenvalue weighted by Crippen LogP contribution is 2.24. The lowest BCUT2D eigenvalue weighted by molar-refractivity contribution is 0.418. The van der Waals surface area contributed by atoms with Gasteiger partial charge in [0, 0.05) is 11.5 Å². The number of ether oxygens (including phenoxy) is 1. The first-order chi connectivity index (χ1) is 6.72. The van der Waals surface area contributed by atoms with Crippen molar-refractivity contribution in [2.24, 2.45) is 0 Å². The van der Waals surface area contributed by atoms with Crippen LogP contribution in [-0.2, 0) is 0 Å². The molecule has 72 valence electrons. The SMILES string of the molecule is COc1ccc(C)c2ccc(=O)[nH]c12. The standard InChI is InChI=1S/C11H11NO2/c1-7-3-5-9(14-2)11-8(7)4-6-10(13)12-11/h3-6H,1-2H3,(H,12,13). The van der Waals surface area contributed by atoms with Crippen LogP contribution in [0.1, 0.15) is 5.56 Å². The van der Waals surface area contributed by atoms with E-state index in [0.717, 1.165) is 16.5 Å². The molecule has 0 bridgehead atoms. The van der Waals surface area contributed by atoms with Gasteiger partial charge in [-0.3, -0.25) is 4.79 Å². The Morgan fingerprint density at radius 3 is 2.71 bits per heavy atom. The van der Waals surface area contributed by atoms with Crippen LogP contribution >= 0.6 is 0 Å². The first-order valence-electron chi connectivity index (χ1n) is 4.39. The van der Waals surface area contributed by atoms with Crippen molar-refractivity contribution in [3.05, 3.63) is 40.2 Å². The Morgan fingerprint density at radius 1 is 1.21 bits per heavy atom. The molecule has 0 aliphatic rings. The lowest BCUT2D eigenvalue weighted by Gasteiger charge is -2.06. The average molecular weight is 189 g/mol. The quantitative estimate of drug-likeness (QED) is 0.743. The van der Waals surface area contributed by atoms with Gasteiger partial charge in [-0.2, -0.15) is 0 Å². The molecule has 0 aliphatic heterocycles. The number of aromatic amines is 1. The van der Waals surface area contributed by atoms with Crippen molar-refractivity contribution in [2.75, 3.05) is 7.11 Å². The first-order valence-corrected chi connectivity index (χ1v) is 4.39. The van der Waals surface area contributed by atoms with Crippen molar-refractivity contribution in [3.63, 3.8) is 0 Å². The Labute approximate surface area is 81.3 Å². The number of nitrogens with one attached hydrogen (secondary N) is 1. The molecule has 0 saturated carbocycles. The summed E-state index contributed by atoms with van der Waals surface area (Å²) in [5, 5.41) is 1.02. The predicted molar refractivity (Wildman–Crippen MR) is 55.9 cm³/mol. The van der Waals surface area contributed by atoms with Crippen molar-refractivity contribution >= 4 is 10.9 Å². The molecule has 14 heavy (non-hydrogen) atoms. The van der Waals surface area contributed by atoms with Gasteiger partial charge >= 0.3 is 0 Å². The molecule has 0 unspecified atom stereocenters. The summed E-state index contributed by atoms with van der Waals surface area (Å²) in [5.41, 5.74) is 1.78. The van der Waals surface area contributed by atoms with Gasteiger partial charge in [0.15, 0.2) is 0 Å². The molecule has 1 aromatic carbocycles. The first kappa shape index (κ1) is 8.81. The maximum atomic E-state index is 11.2. The fourth-order valence-electron chi connectivity index (χ4n) is 1.54. The van der Waals surface area contributed by atoms with Crippen LogP contribution in [0.25, 0.3) is 10.9 Å². The van der Waals surface area contributed by atoms with Gasteiger partial charge in [-0.25, -0.2) is 0 Å². The zero-order valence-corrected chi connectivity index (χ0v) is 8.13. The fraction of sp³-hybridized carbons (Fsp3) is 0.182. The highest BCUT2D eigenvalue weighted by atomic mass is 16.5. The molecule has 3 heteroatoms. The van der Waals surface area contributed by atoms with Crippen molar-refractivity contribution in [1.82, 2.24) is 4.98 Å². The zero-order valence-electron chi connectivity index (χ0n) is 8.13. The van der Waals surface area contributed by atoms with Crippen LogP contribution in [-0.4, -0.2) is 12.1 Å². The summed E-state index contributed by atoms with van der Waals surface area (Å²) in [6.07, 6.45) is 0. The Morgan fingerprint density at radius 2 is 2.00 bits per heavy atom. The fourth-order valence-corrected chi connectivity index (χ4v) is 1.54. The van der Waals surface area contributed by atoms with E-state index in [0.29, 0.717) is 5.75 Å². The monoisotopic (exact) mass is 189 g/mol. The highest BCUT2D eigenvalue weighted by molar-refractivity contribution is 5.87. The van der Waals surface area contributed by atoms with E-state index in [1.165, 1.54) is 6.07 Å². The number of pyridine rings is 1. The molecule has 0 fully saturated rings. The van der Waals surface area contributed by atoms with E-state index >= 15 is 0 Å². The van der Waals surface area contributed by atoms with Crippen molar-refractivity contribution < 1.29 is 4.74 Å². The molecule has 1 heterocycles. The van der Waals surface area contributed by atoms with Crippen LogP contribution in [0.5, 0.6) is 5.75 Å². The maximum Gasteiger partial charge on any atom is 0.248 e. The number of rotatable bonds is 1. The third-order valence-electron chi connectivity index (χ3n) is 2.29. The minimum atomic E-state index is -0.110. The molecule has 0 saturated heterocycles. The molecule has 2 aromatic rings. The number of hydrogen-bond acceptors (Lipinski definition) is 2. The number of hydrogen-bond donors (Lipinski definition) is 1. The molecule has 0 radical (unpaired) electrons. The predicted octanol–water partition coefficient (Wildman–Crippen LogP) is 1.85. The van der Waals surface area contributed by atoms with Crippen LogP contribution in [0.2, 0.25) is 0 Å².